The average Bonchev–Trinajstić information content (AvgIpc) is 2.72. The van der Waals surface area contributed by atoms with Crippen LogP contribution in [0.15, 0.2) is 23.4 Å². The van der Waals surface area contributed by atoms with Gasteiger partial charge in [-0.15, -0.1) is 0 Å². The summed E-state index contributed by atoms with van der Waals surface area (Å²) in [5, 5.41) is 3.76. The summed E-state index contributed by atoms with van der Waals surface area (Å²) in [6.45, 7) is -0.252. The quantitative estimate of drug-likeness (QED) is 0.799. The molecular formula is C10H8ClF2N3O3S. The first-order valence-electron chi connectivity index (χ1n) is 5.18. The van der Waals surface area contributed by atoms with E-state index in [1.165, 1.54) is 11.0 Å². The van der Waals surface area contributed by atoms with Crippen molar-refractivity contribution < 1.29 is 21.9 Å². The number of halogens is 3. The minimum atomic E-state index is -4.36. The highest BCUT2D eigenvalue weighted by atomic mass is 35.7. The van der Waals surface area contributed by atoms with Crippen LogP contribution < -0.4 is 4.74 Å². The van der Waals surface area contributed by atoms with Crippen LogP contribution in [0.3, 0.4) is 0 Å². The highest BCUT2D eigenvalue weighted by molar-refractivity contribution is 8.13. The summed E-state index contributed by atoms with van der Waals surface area (Å²) in [6.07, 6.45) is 1.25. The second-order valence-electron chi connectivity index (χ2n) is 3.74. The first-order chi connectivity index (χ1) is 9.29. The molecule has 0 atom stereocenters. The van der Waals surface area contributed by atoms with E-state index in [0.717, 1.165) is 0 Å². The van der Waals surface area contributed by atoms with Crippen molar-refractivity contribution in [1.82, 2.24) is 14.8 Å². The third kappa shape index (κ3) is 3.05. The van der Waals surface area contributed by atoms with Crippen molar-refractivity contribution >= 4 is 19.7 Å². The Hall–Kier alpha value is -1.74. The Balaban J connectivity index is 2.38. The maximum Gasteiger partial charge on any atom is 0.265 e. The Kier molecular flexibility index (Phi) is 3.91. The molecule has 0 aliphatic carbocycles. The van der Waals surface area contributed by atoms with E-state index >= 15 is 0 Å². The van der Waals surface area contributed by atoms with E-state index in [1.807, 2.05) is 0 Å². The monoisotopic (exact) mass is 323 g/mol. The lowest BCUT2D eigenvalue weighted by Gasteiger charge is -2.10. The van der Waals surface area contributed by atoms with Crippen LogP contribution in [-0.4, -0.2) is 23.2 Å². The second-order valence-corrected chi connectivity index (χ2v) is 6.28. The fraction of sp³-hybridized carbons (Fsp3) is 0.200. The van der Waals surface area contributed by atoms with E-state index in [1.54, 1.807) is 7.05 Å². The zero-order valence-corrected chi connectivity index (χ0v) is 11.6. The molecule has 2 rings (SSSR count). The highest BCUT2D eigenvalue weighted by Crippen LogP contribution is 2.31. The maximum absolute atomic E-state index is 13.6. The standard InChI is InChI=1S/C10H8ClF2N3O3S/c1-16-9(14-5-15-16)4-19-10-7(13)2-6(12)3-8(10)20(11,17)18/h2-3,5H,4H2,1H3. The topological polar surface area (TPSA) is 74.1 Å². The normalized spacial score (nSPS) is 11.6. The molecule has 0 spiro atoms. The summed E-state index contributed by atoms with van der Waals surface area (Å²) in [7, 11) is 2.35. The minimum Gasteiger partial charge on any atom is -0.481 e. The zero-order chi connectivity index (χ0) is 14.9. The molecule has 0 amide bonds. The molecule has 0 saturated carbocycles. The van der Waals surface area contributed by atoms with Crippen LogP contribution in [-0.2, 0) is 22.7 Å². The van der Waals surface area contributed by atoms with Crippen LogP contribution in [0, 0.1) is 11.6 Å². The number of nitrogens with zero attached hydrogens (tertiary/aromatic N) is 3. The average molecular weight is 324 g/mol. The third-order valence-corrected chi connectivity index (χ3v) is 3.72. The van der Waals surface area contributed by atoms with Crippen LogP contribution in [0.2, 0.25) is 0 Å². The molecule has 0 fully saturated rings. The summed E-state index contributed by atoms with van der Waals surface area (Å²) < 4.78 is 55.7. The largest absolute Gasteiger partial charge is 0.481 e. The zero-order valence-electron chi connectivity index (χ0n) is 10.0. The van der Waals surface area contributed by atoms with Gasteiger partial charge in [0.25, 0.3) is 9.05 Å². The van der Waals surface area contributed by atoms with Crippen LogP contribution in [0.5, 0.6) is 5.75 Å². The number of aryl methyl sites for hydroxylation is 1. The SMILES string of the molecule is Cn1ncnc1COc1c(F)cc(F)cc1S(=O)(=O)Cl. The number of benzene rings is 1. The van der Waals surface area contributed by atoms with Crippen molar-refractivity contribution in [2.75, 3.05) is 0 Å². The Bertz CT molecular complexity index is 748. The summed E-state index contributed by atoms with van der Waals surface area (Å²) in [6, 6.07) is 1.08. The molecule has 0 aliphatic rings. The van der Waals surface area contributed by atoms with E-state index in [4.69, 9.17) is 15.4 Å². The fourth-order valence-corrected chi connectivity index (χ4v) is 2.42. The van der Waals surface area contributed by atoms with Gasteiger partial charge in [-0.2, -0.15) is 5.10 Å². The van der Waals surface area contributed by atoms with Gasteiger partial charge in [0.2, 0.25) is 0 Å². The first kappa shape index (κ1) is 14.7. The van der Waals surface area contributed by atoms with Gasteiger partial charge in [-0.3, -0.25) is 4.68 Å². The molecule has 0 N–H and O–H groups in total. The van der Waals surface area contributed by atoms with Gasteiger partial charge in [-0.05, 0) is 6.07 Å². The number of rotatable bonds is 4. The summed E-state index contributed by atoms with van der Waals surface area (Å²) in [5.74, 6) is -2.59. The van der Waals surface area contributed by atoms with Crippen LogP contribution in [0.1, 0.15) is 5.82 Å². The Morgan fingerprint density at radius 3 is 2.65 bits per heavy atom. The lowest BCUT2D eigenvalue weighted by Crippen LogP contribution is -2.08. The summed E-state index contributed by atoms with van der Waals surface area (Å²) in [5.41, 5.74) is 0. The van der Waals surface area contributed by atoms with Gasteiger partial charge in [0.1, 0.15) is 23.6 Å². The van der Waals surface area contributed by atoms with E-state index in [2.05, 4.69) is 10.1 Å². The van der Waals surface area contributed by atoms with E-state index in [9.17, 15) is 17.2 Å². The van der Waals surface area contributed by atoms with Crippen LogP contribution in [0.4, 0.5) is 8.78 Å². The van der Waals surface area contributed by atoms with Gasteiger partial charge in [-0.1, -0.05) is 0 Å². The lowest BCUT2D eigenvalue weighted by atomic mass is 10.3. The summed E-state index contributed by atoms with van der Waals surface area (Å²) >= 11 is 0. The van der Waals surface area contributed by atoms with E-state index < -0.39 is 31.3 Å². The number of aromatic nitrogens is 3. The van der Waals surface area contributed by atoms with Crippen molar-refractivity contribution in [1.29, 1.82) is 0 Å². The molecule has 1 aromatic heterocycles. The minimum absolute atomic E-state index is 0.252. The molecule has 108 valence electrons. The Labute approximate surface area is 117 Å². The predicted octanol–water partition coefficient (Wildman–Crippen LogP) is 1.60. The Morgan fingerprint density at radius 1 is 1.40 bits per heavy atom. The van der Waals surface area contributed by atoms with Crippen LogP contribution >= 0.6 is 10.7 Å². The van der Waals surface area contributed by atoms with Crippen LogP contribution in [0.25, 0.3) is 0 Å². The third-order valence-electron chi connectivity index (χ3n) is 2.39. The molecule has 0 aliphatic heterocycles. The maximum atomic E-state index is 13.6. The molecule has 1 aromatic carbocycles. The molecule has 0 unspecified atom stereocenters. The summed E-state index contributed by atoms with van der Waals surface area (Å²) in [4.78, 5) is 3.04. The van der Waals surface area contributed by atoms with Gasteiger partial charge in [0, 0.05) is 23.8 Å². The number of ether oxygens (including phenoxy) is 1. The van der Waals surface area contributed by atoms with Gasteiger partial charge >= 0.3 is 0 Å². The van der Waals surface area contributed by atoms with Crippen molar-refractivity contribution in [2.45, 2.75) is 11.5 Å². The molecular weight excluding hydrogens is 316 g/mol. The highest BCUT2D eigenvalue weighted by Gasteiger charge is 2.23. The molecule has 0 saturated heterocycles. The van der Waals surface area contributed by atoms with E-state index in [0.29, 0.717) is 18.0 Å². The van der Waals surface area contributed by atoms with Gasteiger partial charge < -0.3 is 4.74 Å². The number of hydrogen-bond donors (Lipinski definition) is 0. The number of hydrogen-bond acceptors (Lipinski definition) is 5. The van der Waals surface area contributed by atoms with Gasteiger partial charge in [-0.25, -0.2) is 22.2 Å². The molecule has 0 bridgehead atoms. The van der Waals surface area contributed by atoms with Crippen molar-refractivity contribution in [3.8, 4) is 5.75 Å². The van der Waals surface area contributed by atoms with Gasteiger partial charge in [0.05, 0.1) is 0 Å². The molecule has 0 radical (unpaired) electrons. The Morgan fingerprint density at radius 2 is 2.10 bits per heavy atom. The van der Waals surface area contributed by atoms with Crippen molar-refractivity contribution in [3.05, 3.63) is 35.9 Å². The molecule has 10 heteroatoms. The molecule has 1 heterocycles. The first-order valence-corrected chi connectivity index (χ1v) is 7.49. The molecule has 20 heavy (non-hydrogen) atoms. The molecule has 2 aromatic rings. The fourth-order valence-electron chi connectivity index (χ4n) is 1.45. The molecule has 6 nitrogen and oxygen atoms in total. The van der Waals surface area contributed by atoms with Crippen molar-refractivity contribution in [2.24, 2.45) is 7.05 Å². The predicted molar refractivity (Wildman–Crippen MR) is 64.7 cm³/mol. The lowest BCUT2D eigenvalue weighted by molar-refractivity contribution is 0.266. The smallest absolute Gasteiger partial charge is 0.265 e. The van der Waals surface area contributed by atoms with E-state index in [-0.39, 0.29) is 6.61 Å². The second kappa shape index (κ2) is 5.33. The van der Waals surface area contributed by atoms with Gasteiger partial charge in [0.15, 0.2) is 17.4 Å². The van der Waals surface area contributed by atoms with Crippen molar-refractivity contribution in [3.63, 3.8) is 0 Å².